The molecule has 0 spiro atoms. The molecule has 1 unspecified atom stereocenters. The van der Waals surface area contributed by atoms with Gasteiger partial charge in [-0.05, 0) is 37.0 Å². The lowest BCUT2D eigenvalue weighted by Crippen LogP contribution is -2.33. The number of nitrogens with zero attached hydrogens (tertiary/aromatic N) is 1. The van der Waals surface area contributed by atoms with Crippen LogP contribution in [0.1, 0.15) is 36.2 Å². The predicted molar refractivity (Wildman–Crippen MR) is 85.5 cm³/mol. The maximum absolute atomic E-state index is 12.2. The van der Waals surface area contributed by atoms with Gasteiger partial charge in [0.1, 0.15) is 0 Å². The van der Waals surface area contributed by atoms with Crippen LogP contribution in [0.3, 0.4) is 0 Å². The molecule has 0 aliphatic heterocycles. The van der Waals surface area contributed by atoms with Crippen LogP contribution in [0.15, 0.2) is 24.5 Å². The lowest BCUT2D eigenvalue weighted by Gasteiger charge is -2.14. The first-order valence-electron chi connectivity index (χ1n) is 6.78. The molecule has 1 aromatic heterocycles. The van der Waals surface area contributed by atoms with Gasteiger partial charge in [-0.3, -0.25) is 9.78 Å². The van der Waals surface area contributed by atoms with E-state index in [2.05, 4.69) is 17.2 Å². The molecule has 0 radical (unpaired) electrons. The summed E-state index contributed by atoms with van der Waals surface area (Å²) in [4.78, 5) is 26.7. The normalized spacial score (nSPS) is 12.3. The minimum absolute atomic E-state index is 0.0704. The molecule has 5 nitrogen and oxygen atoms in total. The third kappa shape index (κ3) is 6.44. The van der Waals surface area contributed by atoms with E-state index in [1.54, 1.807) is 6.07 Å². The van der Waals surface area contributed by atoms with Gasteiger partial charge >= 0.3 is 5.97 Å². The van der Waals surface area contributed by atoms with Crippen LogP contribution in [0.4, 0.5) is 0 Å². The number of hydrogen-bond donors (Lipinski definition) is 2. The SMILES string of the molecule is CCSCCC(C)NC(=O)c1ccncc1/C=C/C(=O)O. The monoisotopic (exact) mass is 308 g/mol. The van der Waals surface area contributed by atoms with Gasteiger partial charge in [0.15, 0.2) is 0 Å². The minimum atomic E-state index is -1.06. The Bertz CT molecular complexity index is 517. The summed E-state index contributed by atoms with van der Waals surface area (Å²) in [6.07, 6.45) is 6.27. The number of carboxylic acids is 1. The van der Waals surface area contributed by atoms with Crippen molar-refractivity contribution in [1.82, 2.24) is 10.3 Å². The van der Waals surface area contributed by atoms with Crippen LogP contribution in [0.25, 0.3) is 6.08 Å². The zero-order valence-electron chi connectivity index (χ0n) is 12.2. The first-order chi connectivity index (χ1) is 10.0. The number of carbonyl (C=O) groups excluding carboxylic acids is 1. The van der Waals surface area contributed by atoms with E-state index >= 15 is 0 Å². The molecule has 0 fully saturated rings. The molecule has 1 aromatic rings. The van der Waals surface area contributed by atoms with Crippen LogP contribution < -0.4 is 5.32 Å². The van der Waals surface area contributed by atoms with Gasteiger partial charge in [0, 0.05) is 35.6 Å². The zero-order chi connectivity index (χ0) is 15.7. The molecule has 1 atom stereocenters. The summed E-state index contributed by atoms with van der Waals surface area (Å²) in [6, 6.07) is 1.66. The number of aromatic nitrogens is 1. The molecule has 114 valence electrons. The quantitative estimate of drug-likeness (QED) is 0.569. The average Bonchev–Trinajstić information content (AvgIpc) is 2.45. The summed E-state index contributed by atoms with van der Waals surface area (Å²) < 4.78 is 0. The molecule has 1 heterocycles. The summed E-state index contributed by atoms with van der Waals surface area (Å²) in [5, 5.41) is 11.6. The minimum Gasteiger partial charge on any atom is -0.478 e. The van der Waals surface area contributed by atoms with Gasteiger partial charge in [-0.25, -0.2) is 4.79 Å². The van der Waals surface area contributed by atoms with Crippen molar-refractivity contribution >= 4 is 29.7 Å². The second-order valence-corrected chi connectivity index (χ2v) is 5.89. The Labute approximate surface area is 128 Å². The van der Waals surface area contributed by atoms with Gasteiger partial charge in [-0.2, -0.15) is 11.8 Å². The Morgan fingerprint density at radius 1 is 1.52 bits per heavy atom. The van der Waals surface area contributed by atoms with Crippen LogP contribution in [0.2, 0.25) is 0 Å². The first-order valence-corrected chi connectivity index (χ1v) is 7.93. The van der Waals surface area contributed by atoms with E-state index in [9.17, 15) is 9.59 Å². The molecule has 0 aliphatic carbocycles. The maximum atomic E-state index is 12.2. The molecule has 0 aromatic carbocycles. The van der Waals surface area contributed by atoms with Crippen molar-refractivity contribution in [3.8, 4) is 0 Å². The number of rotatable bonds is 8. The van der Waals surface area contributed by atoms with E-state index in [-0.39, 0.29) is 11.9 Å². The topological polar surface area (TPSA) is 79.3 Å². The fraction of sp³-hybridized carbons (Fsp3) is 0.400. The summed E-state index contributed by atoms with van der Waals surface area (Å²) in [7, 11) is 0. The molecule has 1 rings (SSSR count). The van der Waals surface area contributed by atoms with Crippen molar-refractivity contribution in [2.45, 2.75) is 26.3 Å². The fourth-order valence-corrected chi connectivity index (χ4v) is 2.49. The van der Waals surface area contributed by atoms with Crippen molar-refractivity contribution in [2.24, 2.45) is 0 Å². The highest BCUT2D eigenvalue weighted by atomic mass is 32.2. The largest absolute Gasteiger partial charge is 0.478 e. The summed E-state index contributed by atoms with van der Waals surface area (Å²) in [5.41, 5.74) is 0.921. The smallest absolute Gasteiger partial charge is 0.328 e. The fourth-order valence-electron chi connectivity index (χ4n) is 1.69. The third-order valence-electron chi connectivity index (χ3n) is 2.78. The summed E-state index contributed by atoms with van der Waals surface area (Å²) in [5.74, 6) is 0.793. The van der Waals surface area contributed by atoms with Crippen molar-refractivity contribution in [2.75, 3.05) is 11.5 Å². The van der Waals surface area contributed by atoms with Crippen LogP contribution in [-0.2, 0) is 4.79 Å². The van der Waals surface area contributed by atoms with Gasteiger partial charge in [-0.15, -0.1) is 0 Å². The average molecular weight is 308 g/mol. The molecule has 1 amide bonds. The molecular weight excluding hydrogens is 288 g/mol. The highest BCUT2D eigenvalue weighted by molar-refractivity contribution is 7.99. The number of thioether (sulfide) groups is 1. The predicted octanol–water partition coefficient (Wildman–Crippen LogP) is 2.44. The molecule has 6 heteroatoms. The van der Waals surface area contributed by atoms with Crippen LogP contribution in [0, 0.1) is 0 Å². The van der Waals surface area contributed by atoms with Gasteiger partial charge in [-0.1, -0.05) is 6.92 Å². The van der Waals surface area contributed by atoms with E-state index in [4.69, 9.17) is 5.11 Å². The number of nitrogens with one attached hydrogen (secondary N) is 1. The lowest BCUT2D eigenvalue weighted by atomic mass is 10.1. The van der Waals surface area contributed by atoms with Gasteiger partial charge in [0.05, 0.1) is 0 Å². The maximum Gasteiger partial charge on any atom is 0.328 e. The van der Waals surface area contributed by atoms with Crippen LogP contribution in [-0.4, -0.2) is 39.5 Å². The van der Waals surface area contributed by atoms with Crippen molar-refractivity contribution in [3.05, 3.63) is 35.7 Å². The van der Waals surface area contributed by atoms with Crippen LogP contribution >= 0.6 is 11.8 Å². The Balaban J connectivity index is 2.71. The molecule has 0 bridgehead atoms. The lowest BCUT2D eigenvalue weighted by molar-refractivity contribution is -0.131. The van der Waals surface area contributed by atoms with E-state index in [0.29, 0.717) is 11.1 Å². The van der Waals surface area contributed by atoms with Crippen molar-refractivity contribution < 1.29 is 14.7 Å². The van der Waals surface area contributed by atoms with Gasteiger partial charge < -0.3 is 10.4 Å². The highest BCUT2D eigenvalue weighted by Gasteiger charge is 2.12. The van der Waals surface area contributed by atoms with E-state index in [0.717, 1.165) is 24.0 Å². The van der Waals surface area contributed by atoms with Crippen molar-refractivity contribution in [3.63, 3.8) is 0 Å². The molecule has 21 heavy (non-hydrogen) atoms. The zero-order valence-corrected chi connectivity index (χ0v) is 13.0. The number of carbonyl (C=O) groups is 2. The summed E-state index contributed by atoms with van der Waals surface area (Å²) in [6.45, 7) is 4.06. The number of aliphatic carboxylic acids is 1. The van der Waals surface area contributed by atoms with Gasteiger partial charge in [0.2, 0.25) is 0 Å². The van der Waals surface area contributed by atoms with Crippen LogP contribution in [0.5, 0.6) is 0 Å². The van der Waals surface area contributed by atoms with Gasteiger partial charge in [0.25, 0.3) is 5.91 Å². The van der Waals surface area contributed by atoms with Crippen molar-refractivity contribution in [1.29, 1.82) is 0 Å². The van der Waals surface area contributed by atoms with E-state index < -0.39 is 5.97 Å². The molecular formula is C15H20N2O3S. The third-order valence-corrected chi connectivity index (χ3v) is 3.71. The first kappa shape index (κ1) is 17.2. The highest BCUT2D eigenvalue weighted by Crippen LogP contribution is 2.10. The number of pyridine rings is 1. The number of amides is 1. The standard InChI is InChI=1S/C15H20N2O3S/c1-3-21-9-7-11(2)17-15(20)13-6-8-16-10-12(13)4-5-14(18)19/h4-6,8,10-11H,3,7,9H2,1-2H3,(H,17,20)(H,18,19)/b5-4+. The second kappa shape index (κ2) is 9.18. The molecule has 0 aliphatic rings. The van der Waals surface area contributed by atoms with E-state index in [1.165, 1.54) is 18.5 Å². The Morgan fingerprint density at radius 3 is 2.95 bits per heavy atom. The number of carboxylic acid groups (broad SMARTS) is 1. The Hall–Kier alpha value is -1.82. The van der Waals surface area contributed by atoms with E-state index in [1.807, 2.05) is 18.7 Å². The molecule has 0 saturated carbocycles. The molecule has 2 N–H and O–H groups in total. The second-order valence-electron chi connectivity index (χ2n) is 4.49. The Morgan fingerprint density at radius 2 is 2.29 bits per heavy atom. The Kier molecular flexibility index (Phi) is 7.53. The number of hydrogen-bond acceptors (Lipinski definition) is 4. The molecule has 0 saturated heterocycles. The summed E-state index contributed by atoms with van der Waals surface area (Å²) >= 11 is 1.84.